The number of nitrogens with zero attached hydrogens (tertiary/aromatic N) is 2. The van der Waals surface area contributed by atoms with Gasteiger partial charge in [-0.25, -0.2) is 0 Å². The quantitative estimate of drug-likeness (QED) is 0.157. The molecular formula is C25H39BrN2O6. The third-order valence-corrected chi connectivity index (χ3v) is 8.18. The summed E-state index contributed by atoms with van der Waals surface area (Å²) in [5.74, 6) is -2.18. The molecule has 0 aromatic rings. The summed E-state index contributed by atoms with van der Waals surface area (Å²) in [7, 11) is 0. The molecule has 2 amide bonds. The number of hydrogen-bond donors (Lipinski definition) is 1. The average Bonchev–Trinajstić information content (AvgIpc) is 3.40. The third-order valence-electron chi connectivity index (χ3n) is 7.33. The monoisotopic (exact) mass is 542 g/mol. The normalized spacial score (nSPS) is 31.6. The van der Waals surface area contributed by atoms with Crippen LogP contribution in [0.3, 0.4) is 0 Å². The van der Waals surface area contributed by atoms with Crippen LogP contribution in [0.2, 0.25) is 0 Å². The van der Waals surface area contributed by atoms with E-state index in [1.165, 1.54) is 0 Å². The number of halogens is 1. The number of hydrogen-bond acceptors (Lipinski definition) is 6. The molecule has 1 spiro atoms. The molecule has 0 aliphatic carbocycles. The standard InChI is InChI=1S/C25H39BrN2O6/c1-4-7-13-27(12-5-2)23(31)21-25-16-17(26)20(34-25)18(24(32)33-6-3)19(25)22(30)28(21)14-10-8-9-11-15-29/h5,17-21,29H,2,4,6-16H2,1,3H3/t17?,18-,19+,20-,21?,25?/m1/s1. The number of ether oxygens (including phenoxy) is 2. The summed E-state index contributed by atoms with van der Waals surface area (Å²) in [6, 6.07) is -0.774. The van der Waals surface area contributed by atoms with E-state index in [1.54, 1.807) is 22.8 Å². The minimum atomic E-state index is -1.04. The molecule has 0 saturated carbocycles. The van der Waals surface area contributed by atoms with Gasteiger partial charge in [0.15, 0.2) is 0 Å². The van der Waals surface area contributed by atoms with Crippen LogP contribution >= 0.6 is 15.9 Å². The first-order chi connectivity index (χ1) is 16.4. The number of unbranched alkanes of at least 4 members (excludes halogenated alkanes) is 4. The van der Waals surface area contributed by atoms with Crippen molar-refractivity contribution in [1.29, 1.82) is 0 Å². The maximum atomic E-state index is 14.0. The number of aliphatic hydroxyl groups is 1. The zero-order valence-electron chi connectivity index (χ0n) is 20.4. The van der Waals surface area contributed by atoms with E-state index in [1.807, 2.05) is 0 Å². The zero-order chi connectivity index (χ0) is 24.9. The van der Waals surface area contributed by atoms with Crippen molar-refractivity contribution in [2.24, 2.45) is 11.8 Å². The van der Waals surface area contributed by atoms with Gasteiger partial charge in [-0.3, -0.25) is 14.4 Å². The molecule has 3 unspecified atom stereocenters. The molecule has 3 aliphatic heterocycles. The molecule has 192 valence electrons. The summed E-state index contributed by atoms with van der Waals surface area (Å²) in [6.45, 7) is 9.41. The average molecular weight is 543 g/mol. The van der Waals surface area contributed by atoms with Crippen LogP contribution in [0.1, 0.15) is 58.8 Å². The van der Waals surface area contributed by atoms with Crippen molar-refractivity contribution in [1.82, 2.24) is 9.80 Å². The molecule has 3 fully saturated rings. The Morgan fingerprint density at radius 2 is 2.03 bits per heavy atom. The zero-order valence-corrected chi connectivity index (χ0v) is 22.0. The van der Waals surface area contributed by atoms with Crippen molar-refractivity contribution in [3.05, 3.63) is 12.7 Å². The van der Waals surface area contributed by atoms with Crippen molar-refractivity contribution in [3.63, 3.8) is 0 Å². The van der Waals surface area contributed by atoms with Crippen molar-refractivity contribution in [2.45, 2.75) is 81.4 Å². The van der Waals surface area contributed by atoms with Gasteiger partial charge < -0.3 is 24.4 Å². The first-order valence-electron chi connectivity index (χ1n) is 12.7. The Hall–Kier alpha value is -1.45. The smallest absolute Gasteiger partial charge is 0.312 e. The fourth-order valence-electron chi connectivity index (χ4n) is 5.87. The summed E-state index contributed by atoms with van der Waals surface area (Å²) < 4.78 is 11.8. The second-order valence-corrected chi connectivity index (χ2v) is 10.7. The van der Waals surface area contributed by atoms with Gasteiger partial charge in [0.2, 0.25) is 11.8 Å². The van der Waals surface area contributed by atoms with Crippen molar-refractivity contribution < 1.29 is 29.0 Å². The number of likely N-dealkylation sites (tertiary alicyclic amines) is 1. The van der Waals surface area contributed by atoms with Gasteiger partial charge in [-0.15, -0.1) is 6.58 Å². The van der Waals surface area contributed by atoms with Crippen LogP contribution in [0, 0.1) is 11.8 Å². The van der Waals surface area contributed by atoms with Crippen molar-refractivity contribution in [3.8, 4) is 0 Å². The minimum absolute atomic E-state index is 0.130. The number of esters is 1. The fourth-order valence-corrected chi connectivity index (χ4v) is 6.82. The van der Waals surface area contributed by atoms with Crippen LogP contribution in [-0.2, 0) is 23.9 Å². The van der Waals surface area contributed by atoms with Crippen LogP contribution in [0.25, 0.3) is 0 Å². The van der Waals surface area contributed by atoms with Gasteiger partial charge in [0.25, 0.3) is 0 Å². The highest BCUT2D eigenvalue weighted by Gasteiger charge is 2.76. The predicted molar refractivity (Wildman–Crippen MR) is 131 cm³/mol. The molecule has 0 aromatic heterocycles. The molecule has 1 N–H and O–H groups in total. The maximum Gasteiger partial charge on any atom is 0.312 e. The molecular weight excluding hydrogens is 504 g/mol. The van der Waals surface area contributed by atoms with Crippen LogP contribution in [0.5, 0.6) is 0 Å². The van der Waals surface area contributed by atoms with E-state index < -0.39 is 35.6 Å². The number of alkyl halides is 1. The van der Waals surface area contributed by atoms with Crippen LogP contribution in [-0.4, -0.2) is 88.1 Å². The Bertz CT molecular complexity index is 764. The molecule has 6 atom stereocenters. The second kappa shape index (κ2) is 12.0. The lowest BCUT2D eigenvalue weighted by Gasteiger charge is -2.37. The topological polar surface area (TPSA) is 96.4 Å². The molecule has 0 radical (unpaired) electrons. The van der Waals surface area contributed by atoms with Gasteiger partial charge in [0, 0.05) is 31.1 Å². The Balaban J connectivity index is 1.95. The van der Waals surface area contributed by atoms with Crippen LogP contribution in [0.15, 0.2) is 12.7 Å². The van der Waals surface area contributed by atoms with Gasteiger partial charge in [-0.1, -0.05) is 48.2 Å². The molecule has 34 heavy (non-hydrogen) atoms. The van der Waals surface area contributed by atoms with Gasteiger partial charge in [0.05, 0.1) is 24.5 Å². The lowest BCUT2D eigenvalue weighted by molar-refractivity contribution is -0.154. The van der Waals surface area contributed by atoms with Gasteiger partial charge >= 0.3 is 5.97 Å². The lowest BCUT2D eigenvalue weighted by atomic mass is 9.70. The molecule has 9 heteroatoms. The van der Waals surface area contributed by atoms with Crippen LogP contribution in [0.4, 0.5) is 0 Å². The highest BCUT2D eigenvalue weighted by atomic mass is 79.9. The van der Waals surface area contributed by atoms with Crippen molar-refractivity contribution in [2.75, 3.05) is 32.8 Å². The van der Waals surface area contributed by atoms with E-state index in [2.05, 4.69) is 29.4 Å². The summed E-state index contributed by atoms with van der Waals surface area (Å²) in [4.78, 5) is 44.1. The van der Waals surface area contributed by atoms with E-state index >= 15 is 0 Å². The van der Waals surface area contributed by atoms with Crippen LogP contribution < -0.4 is 0 Å². The highest BCUT2D eigenvalue weighted by Crippen LogP contribution is 2.60. The second-order valence-electron chi connectivity index (χ2n) is 9.51. The molecule has 3 saturated heterocycles. The van der Waals surface area contributed by atoms with E-state index in [4.69, 9.17) is 14.6 Å². The van der Waals surface area contributed by atoms with Gasteiger partial charge in [-0.05, 0) is 32.6 Å². The van der Waals surface area contributed by atoms with E-state index in [0.29, 0.717) is 32.5 Å². The highest BCUT2D eigenvalue weighted by molar-refractivity contribution is 9.09. The molecule has 3 rings (SSSR count). The molecule has 0 aromatic carbocycles. The number of carbonyl (C=O) groups excluding carboxylic acids is 3. The molecule has 2 bridgehead atoms. The summed E-state index contributed by atoms with van der Waals surface area (Å²) >= 11 is 3.67. The molecule has 3 aliphatic rings. The SMILES string of the molecule is C=CCN(CCCC)C(=O)C1N(CCCCCCO)C(=O)[C@@H]2[C@@H](C(=O)OCC)[C@@H]3OC12CC3Br. The fraction of sp³-hybridized carbons (Fsp3) is 0.800. The number of carbonyl (C=O) groups is 3. The van der Waals surface area contributed by atoms with Gasteiger partial charge in [0.1, 0.15) is 11.6 Å². The first-order valence-corrected chi connectivity index (χ1v) is 13.6. The number of aliphatic hydroxyl groups excluding tert-OH is 1. The van der Waals surface area contributed by atoms with E-state index in [9.17, 15) is 14.4 Å². The Morgan fingerprint density at radius 3 is 2.68 bits per heavy atom. The van der Waals surface area contributed by atoms with E-state index in [0.717, 1.165) is 32.1 Å². The Morgan fingerprint density at radius 1 is 1.29 bits per heavy atom. The molecule has 8 nitrogen and oxygen atoms in total. The molecule has 3 heterocycles. The summed E-state index contributed by atoms with van der Waals surface area (Å²) in [5.41, 5.74) is -1.04. The third kappa shape index (κ3) is 4.93. The van der Waals surface area contributed by atoms with E-state index in [-0.39, 0.29) is 29.9 Å². The Kier molecular flexibility index (Phi) is 9.57. The number of amides is 2. The number of rotatable bonds is 14. The lowest BCUT2D eigenvalue weighted by Crippen LogP contribution is -2.57. The summed E-state index contributed by atoms with van der Waals surface area (Å²) in [5, 5.41) is 9.06. The largest absolute Gasteiger partial charge is 0.466 e. The summed E-state index contributed by atoms with van der Waals surface area (Å²) in [6.07, 6.45) is 6.66. The minimum Gasteiger partial charge on any atom is -0.466 e. The Labute approximate surface area is 211 Å². The maximum absolute atomic E-state index is 14.0. The van der Waals surface area contributed by atoms with Crippen molar-refractivity contribution >= 4 is 33.7 Å². The first kappa shape index (κ1) is 27.1. The van der Waals surface area contributed by atoms with Gasteiger partial charge in [-0.2, -0.15) is 0 Å². The number of fused-ring (bicyclic) bond motifs is 1. The predicted octanol–water partition coefficient (Wildman–Crippen LogP) is 2.66.